The lowest BCUT2D eigenvalue weighted by Crippen LogP contribution is -2.15. The molecule has 1 aromatic rings. The first-order valence-corrected chi connectivity index (χ1v) is 10.8. The average molecular weight is 510 g/mol. The lowest BCUT2D eigenvalue weighted by Gasteiger charge is -2.09. The van der Waals surface area contributed by atoms with E-state index in [0.717, 1.165) is 11.4 Å². The number of nitrogens with zero attached hydrogens (tertiary/aromatic N) is 2. The van der Waals surface area contributed by atoms with Gasteiger partial charge in [0.2, 0.25) is 0 Å². The SMILES string of the molecule is O=[N+]([O-])c1ccc(NCCOCCOCCOCCOCCOCCBr)c([N+](=O)[O-])c1. The van der Waals surface area contributed by atoms with Crippen molar-refractivity contribution in [1.82, 2.24) is 0 Å². The summed E-state index contributed by atoms with van der Waals surface area (Å²) in [4.78, 5) is 20.4. The first-order valence-electron chi connectivity index (χ1n) is 9.67. The molecule has 0 heterocycles. The van der Waals surface area contributed by atoms with Crippen molar-refractivity contribution in [2.75, 3.05) is 83.3 Å². The van der Waals surface area contributed by atoms with Crippen molar-refractivity contribution in [3.05, 3.63) is 38.4 Å². The lowest BCUT2D eigenvalue weighted by atomic mass is 10.2. The van der Waals surface area contributed by atoms with E-state index in [1.165, 1.54) is 12.1 Å². The van der Waals surface area contributed by atoms with Gasteiger partial charge >= 0.3 is 0 Å². The van der Waals surface area contributed by atoms with Crippen LogP contribution in [0.1, 0.15) is 0 Å². The van der Waals surface area contributed by atoms with Gasteiger partial charge in [-0.25, -0.2) is 0 Å². The Morgan fingerprint density at radius 3 is 1.68 bits per heavy atom. The second-order valence-corrected chi connectivity index (χ2v) is 6.69. The summed E-state index contributed by atoms with van der Waals surface area (Å²) in [5.41, 5.74) is -0.494. The smallest absolute Gasteiger partial charge is 0.299 e. The molecule has 0 unspecified atom stereocenters. The van der Waals surface area contributed by atoms with Crippen LogP contribution in [-0.4, -0.2) is 87.8 Å². The third-order valence-electron chi connectivity index (χ3n) is 3.66. The van der Waals surface area contributed by atoms with Gasteiger partial charge in [-0.05, 0) is 6.07 Å². The van der Waals surface area contributed by atoms with Crippen molar-refractivity contribution in [3.63, 3.8) is 0 Å². The van der Waals surface area contributed by atoms with Gasteiger partial charge in [0.15, 0.2) is 0 Å². The third kappa shape index (κ3) is 13.2. The summed E-state index contributed by atoms with van der Waals surface area (Å²) in [6.07, 6.45) is 0. The number of alkyl halides is 1. The minimum absolute atomic E-state index is 0.197. The van der Waals surface area contributed by atoms with Crippen molar-refractivity contribution in [2.45, 2.75) is 0 Å². The number of hydrogen-bond donors (Lipinski definition) is 1. The van der Waals surface area contributed by atoms with Crippen molar-refractivity contribution in [1.29, 1.82) is 0 Å². The van der Waals surface area contributed by atoms with Gasteiger partial charge in [0.25, 0.3) is 11.4 Å². The highest BCUT2D eigenvalue weighted by Crippen LogP contribution is 2.28. The highest BCUT2D eigenvalue weighted by atomic mass is 79.9. The molecule has 0 amide bonds. The summed E-state index contributed by atoms with van der Waals surface area (Å²) >= 11 is 3.27. The van der Waals surface area contributed by atoms with Crippen LogP contribution in [0.3, 0.4) is 0 Å². The number of nitrogens with one attached hydrogen (secondary N) is 1. The quantitative estimate of drug-likeness (QED) is 0.120. The highest BCUT2D eigenvalue weighted by Gasteiger charge is 2.18. The number of halogens is 1. The first-order chi connectivity index (χ1) is 15.1. The number of hydrogen-bond acceptors (Lipinski definition) is 10. The summed E-state index contributed by atoms with van der Waals surface area (Å²) in [6.45, 7) is 5.00. The second-order valence-electron chi connectivity index (χ2n) is 5.89. The lowest BCUT2D eigenvalue weighted by molar-refractivity contribution is -0.393. The molecule has 0 aliphatic rings. The molecule has 1 N–H and O–H groups in total. The van der Waals surface area contributed by atoms with E-state index < -0.39 is 9.85 Å². The van der Waals surface area contributed by atoms with Gasteiger partial charge in [0.05, 0.1) is 82.0 Å². The molecule has 12 nitrogen and oxygen atoms in total. The van der Waals surface area contributed by atoms with E-state index in [-0.39, 0.29) is 17.1 Å². The molecular weight excluding hydrogens is 482 g/mol. The van der Waals surface area contributed by atoms with Crippen LogP contribution >= 0.6 is 15.9 Å². The van der Waals surface area contributed by atoms with Crippen LogP contribution in [0.25, 0.3) is 0 Å². The minimum Gasteiger partial charge on any atom is -0.378 e. The maximum atomic E-state index is 11.1. The van der Waals surface area contributed by atoms with Gasteiger partial charge < -0.3 is 29.0 Å². The summed E-state index contributed by atoms with van der Waals surface area (Å²) in [6, 6.07) is 3.44. The summed E-state index contributed by atoms with van der Waals surface area (Å²) in [7, 11) is 0. The van der Waals surface area contributed by atoms with Gasteiger partial charge in [0, 0.05) is 17.9 Å². The van der Waals surface area contributed by atoms with E-state index in [2.05, 4.69) is 21.2 Å². The Kier molecular flexibility index (Phi) is 15.5. The fourth-order valence-electron chi connectivity index (χ4n) is 2.23. The van der Waals surface area contributed by atoms with Gasteiger partial charge in [-0.1, -0.05) is 15.9 Å². The van der Waals surface area contributed by atoms with Crippen LogP contribution in [0.4, 0.5) is 17.1 Å². The van der Waals surface area contributed by atoms with Gasteiger partial charge in [-0.3, -0.25) is 20.2 Å². The predicted molar refractivity (Wildman–Crippen MR) is 116 cm³/mol. The topological polar surface area (TPSA) is 144 Å². The Balaban J connectivity index is 1.97. The molecule has 0 spiro atoms. The molecule has 0 aliphatic heterocycles. The standard InChI is InChI=1S/C18H28BrN3O9/c19-3-5-27-7-9-29-11-13-31-14-12-30-10-8-28-6-4-20-17-2-1-16(21(23)24)15-18(17)22(25)26/h1-2,15,20H,3-14H2. The number of nitro benzene ring substituents is 2. The van der Waals surface area contributed by atoms with Crippen molar-refractivity contribution >= 4 is 33.0 Å². The fraction of sp³-hybridized carbons (Fsp3) is 0.667. The normalized spacial score (nSPS) is 10.9. The number of nitro groups is 2. The van der Waals surface area contributed by atoms with E-state index >= 15 is 0 Å². The van der Waals surface area contributed by atoms with Gasteiger partial charge in [-0.15, -0.1) is 0 Å². The second kappa shape index (κ2) is 17.7. The largest absolute Gasteiger partial charge is 0.378 e. The van der Waals surface area contributed by atoms with Crippen molar-refractivity contribution in [3.8, 4) is 0 Å². The number of rotatable bonds is 20. The van der Waals surface area contributed by atoms with Crippen LogP contribution in [0.5, 0.6) is 0 Å². The van der Waals surface area contributed by atoms with Crippen LogP contribution in [0, 0.1) is 20.2 Å². The molecule has 0 aliphatic carbocycles. The van der Waals surface area contributed by atoms with Gasteiger partial charge in [0.1, 0.15) is 5.69 Å². The Morgan fingerprint density at radius 2 is 1.23 bits per heavy atom. The number of benzene rings is 1. The molecule has 0 fully saturated rings. The Bertz CT molecular complexity index is 652. The van der Waals surface area contributed by atoms with E-state index in [0.29, 0.717) is 72.6 Å². The van der Waals surface area contributed by atoms with E-state index in [1.54, 1.807) is 0 Å². The Hall–Kier alpha value is -1.90. The molecule has 31 heavy (non-hydrogen) atoms. The molecule has 0 saturated carbocycles. The molecule has 0 bridgehead atoms. The van der Waals surface area contributed by atoms with Crippen molar-refractivity contribution < 1.29 is 33.5 Å². The molecular formula is C18H28BrN3O9. The summed E-state index contributed by atoms with van der Waals surface area (Å²) < 4.78 is 26.7. The Morgan fingerprint density at radius 1 is 0.742 bits per heavy atom. The van der Waals surface area contributed by atoms with E-state index in [9.17, 15) is 20.2 Å². The van der Waals surface area contributed by atoms with Crippen LogP contribution in [0.2, 0.25) is 0 Å². The molecule has 13 heteroatoms. The minimum atomic E-state index is -0.678. The average Bonchev–Trinajstić information content (AvgIpc) is 2.75. The third-order valence-corrected chi connectivity index (χ3v) is 3.98. The first kappa shape index (κ1) is 27.1. The van der Waals surface area contributed by atoms with E-state index in [4.69, 9.17) is 23.7 Å². The molecule has 0 radical (unpaired) electrons. The zero-order valence-electron chi connectivity index (χ0n) is 17.2. The summed E-state index contributed by atoms with van der Waals surface area (Å²) in [5, 5.41) is 25.4. The van der Waals surface area contributed by atoms with Crippen LogP contribution < -0.4 is 5.32 Å². The molecule has 176 valence electrons. The fourth-order valence-corrected chi connectivity index (χ4v) is 2.46. The maximum absolute atomic E-state index is 11.1. The molecule has 0 atom stereocenters. The summed E-state index contributed by atoms with van der Waals surface area (Å²) in [5.74, 6) is 0. The predicted octanol–water partition coefficient (Wildman–Crippen LogP) is 2.39. The number of non-ortho nitro benzene ring substituents is 1. The Labute approximate surface area is 188 Å². The van der Waals surface area contributed by atoms with E-state index in [1.807, 2.05) is 0 Å². The zero-order valence-corrected chi connectivity index (χ0v) is 18.7. The molecule has 1 rings (SSSR count). The number of ether oxygens (including phenoxy) is 5. The molecule has 0 saturated heterocycles. The monoisotopic (exact) mass is 509 g/mol. The highest BCUT2D eigenvalue weighted by molar-refractivity contribution is 9.09. The van der Waals surface area contributed by atoms with Gasteiger partial charge in [-0.2, -0.15) is 0 Å². The number of anilines is 1. The maximum Gasteiger partial charge on any atom is 0.299 e. The zero-order chi connectivity index (χ0) is 22.7. The molecule has 0 aromatic heterocycles. The van der Waals surface area contributed by atoms with Crippen LogP contribution in [-0.2, 0) is 23.7 Å². The van der Waals surface area contributed by atoms with Crippen molar-refractivity contribution in [2.24, 2.45) is 0 Å². The van der Waals surface area contributed by atoms with Crippen LogP contribution in [0.15, 0.2) is 18.2 Å². The molecule has 1 aromatic carbocycles.